The van der Waals surface area contributed by atoms with Crippen molar-refractivity contribution in [3.63, 3.8) is 0 Å². The molecular weight excluding hydrogens is 202 g/mol. The van der Waals surface area contributed by atoms with Gasteiger partial charge in [0.1, 0.15) is 6.10 Å². The summed E-state index contributed by atoms with van der Waals surface area (Å²) >= 11 is 0. The molecule has 3 nitrogen and oxygen atoms in total. The summed E-state index contributed by atoms with van der Waals surface area (Å²) in [6, 6.07) is 9.94. The molecule has 0 radical (unpaired) electrons. The van der Waals surface area contributed by atoms with Crippen LogP contribution in [0.15, 0.2) is 30.3 Å². The summed E-state index contributed by atoms with van der Waals surface area (Å²) in [6.07, 6.45) is 1.38. The Morgan fingerprint density at radius 2 is 2.12 bits per heavy atom. The van der Waals surface area contributed by atoms with Crippen LogP contribution in [-0.4, -0.2) is 18.1 Å². The van der Waals surface area contributed by atoms with Crippen molar-refractivity contribution in [3.8, 4) is 0 Å². The minimum absolute atomic E-state index is 0.00757. The molecule has 0 aromatic heterocycles. The van der Waals surface area contributed by atoms with Gasteiger partial charge in [-0.05, 0) is 18.4 Å². The molecule has 0 bridgehead atoms. The lowest BCUT2D eigenvalue weighted by Crippen LogP contribution is -2.36. The van der Waals surface area contributed by atoms with Gasteiger partial charge in [-0.1, -0.05) is 37.3 Å². The molecule has 0 aliphatic carbocycles. The lowest BCUT2D eigenvalue weighted by atomic mass is 9.97. The van der Waals surface area contributed by atoms with E-state index >= 15 is 0 Å². The van der Waals surface area contributed by atoms with Crippen molar-refractivity contribution in [1.82, 2.24) is 0 Å². The number of hydrogen-bond acceptors (Lipinski definition) is 3. The van der Waals surface area contributed by atoms with Crippen LogP contribution in [0.4, 0.5) is 0 Å². The molecule has 1 saturated heterocycles. The van der Waals surface area contributed by atoms with Crippen molar-refractivity contribution in [1.29, 1.82) is 0 Å². The number of cyclic esters (lactones) is 1. The zero-order valence-corrected chi connectivity index (χ0v) is 9.43. The molecule has 3 heteroatoms. The van der Waals surface area contributed by atoms with E-state index in [1.807, 2.05) is 37.3 Å². The average molecular weight is 219 g/mol. The second-order valence-electron chi connectivity index (χ2n) is 4.47. The number of esters is 1. The molecule has 1 aliphatic rings. The van der Waals surface area contributed by atoms with Crippen LogP contribution in [0, 0.1) is 5.92 Å². The van der Waals surface area contributed by atoms with Crippen LogP contribution >= 0.6 is 0 Å². The normalized spacial score (nSPS) is 26.5. The van der Waals surface area contributed by atoms with Gasteiger partial charge in [0.25, 0.3) is 0 Å². The number of ether oxygens (including phenoxy) is 1. The molecule has 0 saturated carbocycles. The molecule has 86 valence electrons. The highest BCUT2D eigenvalue weighted by molar-refractivity contribution is 5.74. The number of carbonyl (C=O) groups excluding carboxylic acids is 1. The van der Waals surface area contributed by atoms with E-state index in [2.05, 4.69) is 0 Å². The summed E-state index contributed by atoms with van der Waals surface area (Å²) in [6.45, 7) is 1.89. The van der Waals surface area contributed by atoms with Crippen molar-refractivity contribution in [2.24, 2.45) is 11.7 Å². The van der Waals surface area contributed by atoms with Crippen LogP contribution in [0.3, 0.4) is 0 Å². The maximum absolute atomic E-state index is 11.3. The van der Waals surface area contributed by atoms with Crippen molar-refractivity contribution in [2.75, 3.05) is 0 Å². The van der Waals surface area contributed by atoms with E-state index in [1.54, 1.807) is 0 Å². The Morgan fingerprint density at radius 1 is 1.44 bits per heavy atom. The Balaban J connectivity index is 1.94. The third-order valence-corrected chi connectivity index (χ3v) is 3.05. The fourth-order valence-corrected chi connectivity index (χ4v) is 2.04. The van der Waals surface area contributed by atoms with Gasteiger partial charge >= 0.3 is 5.97 Å². The Labute approximate surface area is 95.6 Å². The third kappa shape index (κ3) is 2.42. The second kappa shape index (κ2) is 4.66. The molecule has 1 fully saturated rings. The first-order chi connectivity index (χ1) is 7.66. The van der Waals surface area contributed by atoms with E-state index in [4.69, 9.17) is 10.5 Å². The molecule has 16 heavy (non-hydrogen) atoms. The first-order valence-electron chi connectivity index (χ1n) is 5.67. The van der Waals surface area contributed by atoms with Gasteiger partial charge in [-0.3, -0.25) is 4.79 Å². The zero-order valence-electron chi connectivity index (χ0n) is 9.43. The number of hydrogen-bond donors (Lipinski definition) is 1. The van der Waals surface area contributed by atoms with E-state index < -0.39 is 0 Å². The maximum Gasteiger partial charge on any atom is 0.309 e. The number of benzene rings is 1. The summed E-state index contributed by atoms with van der Waals surface area (Å²) in [5.41, 5.74) is 7.24. The van der Waals surface area contributed by atoms with E-state index in [0.29, 0.717) is 0 Å². The average Bonchev–Trinajstić information content (AvgIpc) is 2.61. The Bertz CT molecular complexity index is 363. The van der Waals surface area contributed by atoms with E-state index in [9.17, 15) is 4.79 Å². The number of nitrogens with two attached hydrogens (primary N) is 1. The maximum atomic E-state index is 11.3. The van der Waals surface area contributed by atoms with Crippen molar-refractivity contribution < 1.29 is 9.53 Å². The molecule has 0 spiro atoms. The van der Waals surface area contributed by atoms with Gasteiger partial charge in [-0.15, -0.1) is 0 Å². The van der Waals surface area contributed by atoms with Gasteiger partial charge in [0.05, 0.1) is 5.92 Å². The molecule has 1 heterocycles. The van der Waals surface area contributed by atoms with E-state index in [-0.39, 0.29) is 24.0 Å². The molecule has 0 unspecified atom stereocenters. The first kappa shape index (κ1) is 11.1. The summed E-state index contributed by atoms with van der Waals surface area (Å²) < 4.78 is 5.24. The minimum Gasteiger partial charge on any atom is -0.460 e. The Kier molecular flexibility index (Phi) is 3.25. The van der Waals surface area contributed by atoms with Crippen LogP contribution in [0.25, 0.3) is 0 Å². The van der Waals surface area contributed by atoms with Crippen LogP contribution in [0.1, 0.15) is 18.9 Å². The van der Waals surface area contributed by atoms with Gasteiger partial charge in [0, 0.05) is 6.04 Å². The van der Waals surface area contributed by atoms with E-state index in [0.717, 1.165) is 12.8 Å². The van der Waals surface area contributed by atoms with Gasteiger partial charge < -0.3 is 10.5 Å². The summed E-state index contributed by atoms with van der Waals surface area (Å²) in [4.78, 5) is 11.3. The Morgan fingerprint density at radius 3 is 2.69 bits per heavy atom. The minimum atomic E-state index is -0.122. The largest absolute Gasteiger partial charge is 0.460 e. The number of rotatable bonds is 3. The van der Waals surface area contributed by atoms with Crippen LogP contribution < -0.4 is 5.73 Å². The summed E-state index contributed by atoms with van der Waals surface area (Å²) in [5, 5.41) is 0. The highest BCUT2D eigenvalue weighted by atomic mass is 16.6. The molecule has 2 N–H and O–H groups in total. The zero-order chi connectivity index (χ0) is 11.5. The number of carbonyl (C=O) groups is 1. The van der Waals surface area contributed by atoms with Crippen molar-refractivity contribution in [3.05, 3.63) is 35.9 Å². The summed E-state index contributed by atoms with van der Waals surface area (Å²) in [7, 11) is 0. The lowest BCUT2D eigenvalue weighted by molar-refractivity contribution is -0.144. The smallest absolute Gasteiger partial charge is 0.309 e. The predicted octanol–water partition coefficient (Wildman–Crippen LogP) is 1.51. The van der Waals surface area contributed by atoms with Crippen LogP contribution in [0.2, 0.25) is 0 Å². The fraction of sp³-hybridized carbons (Fsp3) is 0.462. The highest BCUT2D eigenvalue weighted by Gasteiger charge is 2.34. The molecule has 2 rings (SSSR count). The van der Waals surface area contributed by atoms with Crippen LogP contribution in [-0.2, 0) is 16.0 Å². The lowest BCUT2D eigenvalue weighted by Gasteiger charge is -2.17. The SMILES string of the molecule is C[C@@H]1C[C@@H]([C@@H](N)Cc2ccccc2)OC1=O. The topological polar surface area (TPSA) is 52.3 Å². The monoisotopic (exact) mass is 219 g/mol. The first-order valence-corrected chi connectivity index (χ1v) is 5.67. The molecule has 1 aromatic rings. The molecule has 1 aromatic carbocycles. The van der Waals surface area contributed by atoms with Crippen molar-refractivity contribution >= 4 is 5.97 Å². The third-order valence-electron chi connectivity index (χ3n) is 3.05. The van der Waals surface area contributed by atoms with Gasteiger partial charge in [-0.2, -0.15) is 0 Å². The standard InChI is InChI=1S/C13H17NO2/c1-9-7-12(16-13(9)15)11(14)8-10-5-3-2-4-6-10/h2-6,9,11-12H,7-8,14H2,1H3/t9-,11+,12+/m1/s1. The van der Waals surface area contributed by atoms with Gasteiger partial charge in [-0.25, -0.2) is 0 Å². The van der Waals surface area contributed by atoms with Crippen LogP contribution in [0.5, 0.6) is 0 Å². The van der Waals surface area contributed by atoms with Gasteiger partial charge in [0.2, 0.25) is 0 Å². The molecule has 3 atom stereocenters. The second-order valence-corrected chi connectivity index (χ2v) is 4.47. The molecular formula is C13H17NO2. The van der Waals surface area contributed by atoms with Gasteiger partial charge in [0.15, 0.2) is 0 Å². The van der Waals surface area contributed by atoms with E-state index in [1.165, 1.54) is 5.56 Å². The summed E-state index contributed by atoms with van der Waals surface area (Å²) in [5.74, 6) is -0.125. The highest BCUT2D eigenvalue weighted by Crippen LogP contribution is 2.23. The molecule has 1 aliphatic heterocycles. The molecule has 0 amide bonds. The predicted molar refractivity (Wildman–Crippen MR) is 61.8 cm³/mol. The fourth-order valence-electron chi connectivity index (χ4n) is 2.04. The Hall–Kier alpha value is -1.35. The van der Waals surface area contributed by atoms with Crippen molar-refractivity contribution in [2.45, 2.75) is 31.9 Å². The quantitative estimate of drug-likeness (QED) is 0.784.